The number of halogens is 1. The zero-order valence-electron chi connectivity index (χ0n) is 13.5. The lowest BCUT2D eigenvalue weighted by Crippen LogP contribution is -2.56. The van der Waals surface area contributed by atoms with E-state index in [0.717, 1.165) is 5.56 Å². The van der Waals surface area contributed by atoms with E-state index in [1.54, 1.807) is 30.6 Å². The molecule has 7 heteroatoms. The molecule has 6 nitrogen and oxygen atoms in total. The Morgan fingerprint density at radius 2 is 2.04 bits per heavy atom. The molecule has 130 valence electrons. The maximum Gasteiger partial charge on any atom is 0.260 e. The molecule has 0 spiro atoms. The van der Waals surface area contributed by atoms with Crippen LogP contribution >= 0.6 is 0 Å². The third kappa shape index (κ3) is 4.32. The summed E-state index contributed by atoms with van der Waals surface area (Å²) in [6.45, 7) is 0.856. The van der Waals surface area contributed by atoms with Crippen LogP contribution in [0.1, 0.15) is 5.56 Å². The molecule has 25 heavy (non-hydrogen) atoms. The van der Waals surface area contributed by atoms with Crippen molar-refractivity contribution in [2.45, 2.75) is 6.54 Å². The van der Waals surface area contributed by atoms with Crippen LogP contribution in [0.25, 0.3) is 0 Å². The third-order valence-electron chi connectivity index (χ3n) is 3.98. The first kappa shape index (κ1) is 16.9. The van der Waals surface area contributed by atoms with Crippen molar-refractivity contribution >= 4 is 11.8 Å². The number of carbonyl (C=O) groups excluding carboxylic acids is 2. The predicted molar refractivity (Wildman–Crippen MR) is 88.0 cm³/mol. The summed E-state index contributed by atoms with van der Waals surface area (Å²) >= 11 is 0. The van der Waals surface area contributed by atoms with E-state index < -0.39 is 5.82 Å². The Balaban J connectivity index is 1.39. The fourth-order valence-corrected chi connectivity index (χ4v) is 2.48. The Hall–Kier alpha value is -2.96. The van der Waals surface area contributed by atoms with Gasteiger partial charge >= 0.3 is 0 Å². The fourth-order valence-electron chi connectivity index (χ4n) is 2.48. The number of hydrogen-bond acceptors (Lipinski definition) is 4. The first-order chi connectivity index (χ1) is 12.1. The van der Waals surface area contributed by atoms with E-state index in [0.29, 0.717) is 19.6 Å². The quantitative estimate of drug-likeness (QED) is 0.860. The molecule has 2 aromatic rings. The molecule has 1 fully saturated rings. The minimum Gasteiger partial charge on any atom is -0.481 e. The molecule has 1 saturated heterocycles. The first-order valence-electron chi connectivity index (χ1n) is 7.95. The van der Waals surface area contributed by atoms with Crippen molar-refractivity contribution in [1.29, 1.82) is 0 Å². The average Bonchev–Trinajstić information content (AvgIpc) is 2.59. The molecule has 0 aliphatic carbocycles. The van der Waals surface area contributed by atoms with E-state index in [4.69, 9.17) is 4.74 Å². The van der Waals surface area contributed by atoms with Gasteiger partial charge in [-0.15, -0.1) is 0 Å². The van der Waals surface area contributed by atoms with E-state index in [-0.39, 0.29) is 30.1 Å². The van der Waals surface area contributed by atoms with Crippen molar-refractivity contribution in [2.24, 2.45) is 5.92 Å². The van der Waals surface area contributed by atoms with Crippen molar-refractivity contribution in [2.75, 3.05) is 19.7 Å². The van der Waals surface area contributed by atoms with Crippen molar-refractivity contribution in [3.63, 3.8) is 0 Å². The van der Waals surface area contributed by atoms with Crippen LogP contribution in [0.4, 0.5) is 4.39 Å². The average molecular weight is 343 g/mol. The predicted octanol–water partition coefficient (Wildman–Crippen LogP) is 1.37. The van der Waals surface area contributed by atoms with Gasteiger partial charge in [-0.2, -0.15) is 0 Å². The Labute approximate surface area is 144 Å². The molecule has 1 aromatic heterocycles. The number of likely N-dealkylation sites (tertiary alicyclic amines) is 1. The maximum absolute atomic E-state index is 13.4. The Morgan fingerprint density at radius 1 is 1.24 bits per heavy atom. The van der Waals surface area contributed by atoms with E-state index in [1.165, 1.54) is 17.0 Å². The smallest absolute Gasteiger partial charge is 0.260 e. The van der Waals surface area contributed by atoms with Crippen LogP contribution in [0, 0.1) is 11.7 Å². The zero-order chi connectivity index (χ0) is 17.6. The molecule has 0 atom stereocenters. The highest BCUT2D eigenvalue weighted by Crippen LogP contribution is 2.18. The molecule has 1 aliphatic rings. The number of para-hydroxylation sites is 1. The van der Waals surface area contributed by atoms with Gasteiger partial charge < -0.3 is 15.0 Å². The van der Waals surface area contributed by atoms with Gasteiger partial charge in [-0.25, -0.2) is 4.39 Å². The zero-order valence-corrected chi connectivity index (χ0v) is 13.5. The third-order valence-corrected chi connectivity index (χ3v) is 3.98. The molecule has 0 radical (unpaired) electrons. The highest BCUT2D eigenvalue weighted by Gasteiger charge is 2.35. The van der Waals surface area contributed by atoms with Gasteiger partial charge in [0.05, 0.1) is 5.92 Å². The second-order valence-electron chi connectivity index (χ2n) is 5.79. The lowest BCUT2D eigenvalue weighted by Gasteiger charge is -2.38. The van der Waals surface area contributed by atoms with Gasteiger partial charge in [0.2, 0.25) is 5.91 Å². The molecule has 0 bridgehead atoms. The number of ether oxygens (including phenoxy) is 1. The number of aromatic nitrogens is 1. The minimum absolute atomic E-state index is 0.0436. The fraction of sp³-hybridized carbons (Fsp3) is 0.278. The number of hydrogen-bond donors (Lipinski definition) is 1. The Morgan fingerprint density at radius 3 is 2.76 bits per heavy atom. The van der Waals surface area contributed by atoms with Crippen molar-refractivity contribution < 1.29 is 18.7 Å². The number of pyridine rings is 1. The van der Waals surface area contributed by atoms with Crippen molar-refractivity contribution in [3.8, 4) is 5.75 Å². The number of benzene rings is 1. The van der Waals surface area contributed by atoms with Crippen LogP contribution in [0.3, 0.4) is 0 Å². The number of rotatable bonds is 6. The summed E-state index contributed by atoms with van der Waals surface area (Å²) in [6, 6.07) is 9.60. The lowest BCUT2D eigenvalue weighted by molar-refractivity contribution is -0.144. The molecule has 1 aliphatic heterocycles. The first-order valence-corrected chi connectivity index (χ1v) is 7.95. The molecule has 2 amide bonds. The normalized spacial score (nSPS) is 13.9. The summed E-state index contributed by atoms with van der Waals surface area (Å²) < 4.78 is 18.6. The van der Waals surface area contributed by atoms with Gasteiger partial charge in [-0.1, -0.05) is 18.2 Å². The van der Waals surface area contributed by atoms with Crippen LogP contribution in [-0.2, 0) is 16.1 Å². The van der Waals surface area contributed by atoms with Crippen LogP contribution in [0.5, 0.6) is 5.75 Å². The highest BCUT2D eigenvalue weighted by molar-refractivity contribution is 5.85. The SMILES string of the molecule is O=C(NCc1cccnc1)C1CN(C(=O)COc2ccccc2F)C1. The van der Waals surface area contributed by atoms with E-state index in [9.17, 15) is 14.0 Å². The molecular formula is C18H18FN3O3. The molecule has 2 heterocycles. The van der Waals surface area contributed by atoms with Gasteiger partial charge in [0.15, 0.2) is 18.2 Å². The number of nitrogens with one attached hydrogen (secondary N) is 1. The monoisotopic (exact) mass is 343 g/mol. The van der Waals surface area contributed by atoms with E-state index in [1.807, 2.05) is 6.07 Å². The van der Waals surface area contributed by atoms with Gasteiger partial charge in [0.1, 0.15) is 0 Å². The second-order valence-corrected chi connectivity index (χ2v) is 5.79. The maximum atomic E-state index is 13.4. The van der Waals surface area contributed by atoms with Gasteiger partial charge in [0, 0.05) is 32.0 Å². The van der Waals surface area contributed by atoms with Gasteiger partial charge in [0.25, 0.3) is 5.91 Å². The summed E-state index contributed by atoms with van der Waals surface area (Å²) in [5.74, 6) is -1.05. The topological polar surface area (TPSA) is 71.5 Å². The summed E-state index contributed by atoms with van der Waals surface area (Å²) in [5.41, 5.74) is 0.918. The van der Waals surface area contributed by atoms with Crippen LogP contribution in [0.2, 0.25) is 0 Å². The van der Waals surface area contributed by atoms with Crippen LogP contribution in [-0.4, -0.2) is 41.4 Å². The van der Waals surface area contributed by atoms with Crippen molar-refractivity contribution in [1.82, 2.24) is 15.2 Å². The highest BCUT2D eigenvalue weighted by atomic mass is 19.1. The number of amides is 2. The summed E-state index contributed by atoms with van der Waals surface area (Å²) in [6.07, 6.45) is 3.36. The van der Waals surface area contributed by atoms with Crippen molar-refractivity contribution in [3.05, 3.63) is 60.2 Å². The van der Waals surface area contributed by atoms with Crippen LogP contribution in [0.15, 0.2) is 48.8 Å². The number of carbonyl (C=O) groups is 2. The molecule has 3 rings (SSSR count). The molecule has 1 aromatic carbocycles. The standard InChI is InChI=1S/C18H18FN3O3/c19-15-5-1-2-6-16(15)25-12-17(23)22-10-14(11-22)18(24)21-9-13-4-3-7-20-8-13/h1-8,14H,9-12H2,(H,21,24). The number of nitrogens with zero attached hydrogens (tertiary/aromatic N) is 2. The summed E-state index contributed by atoms with van der Waals surface area (Å²) in [4.78, 5) is 29.5. The molecule has 1 N–H and O–H groups in total. The Kier molecular flexibility index (Phi) is 5.23. The van der Waals surface area contributed by atoms with E-state index in [2.05, 4.69) is 10.3 Å². The Bertz CT molecular complexity index is 748. The van der Waals surface area contributed by atoms with Gasteiger partial charge in [-0.05, 0) is 23.8 Å². The minimum atomic E-state index is -0.508. The molecule has 0 unspecified atom stereocenters. The summed E-state index contributed by atoms with van der Waals surface area (Å²) in [5, 5.41) is 2.83. The summed E-state index contributed by atoms with van der Waals surface area (Å²) in [7, 11) is 0. The largest absolute Gasteiger partial charge is 0.481 e. The molecule has 0 saturated carbocycles. The second kappa shape index (κ2) is 7.74. The van der Waals surface area contributed by atoms with Gasteiger partial charge in [-0.3, -0.25) is 14.6 Å². The van der Waals surface area contributed by atoms with E-state index >= 15 is 0 Å². The molecular weight excluding hydrogens is 325 g/mol. The lowest BCUT2D eigenvalue weighted by atomic mass is 9.99. The van der Waals surface area contributed by atoms with Crippen LogP contribution < -0.4 is 10.1 Å².